The molecule has 1 saturated heterocycles. The lowest BCUT2D eigenvalue weighted by Crippen LogP contribution is -2.66. The highest BCUT2D eigenvalue weighted by atomic mass is 35.5. The number of methoxy groups -OCH3 is 1. The zero-order valence-corrected chi connectivity index (χ0v) is 31.0. The summed E-state index contributed by atoms with van der Waals surface area (Å²) >= 11 is 13.7. The van der Waals surface area contributed by atoms with Gasteiger partial charge in [-0.25, -0.2) is 4.98 Å². The van der Waals surface area contributed by atoms with Crippen molar-refractivity contribution < 1.29 is 28.2 Å². The van der Waals surface area contributed by atoms with Crippen molar-refractivity contribution in [2.45, 2.75) is 44.1 Å². The third-order valence-corrected chi connectivity index (χ3v) is 11.0. The second kappa shape index (κ2) is 14.7. The van der Waals surface area contributed by atoms with Crippen LogP contribution in [0.25, 0.3) is 11.1 Å². The number of imidazole rings is 1. The highest BCUT2D eigenvalue weighted by Gasteiger charge is 2.45. The molecule has 3 aliphatic rings. The van der Waals surface area contributed by atoms with Crippen LogP contribution in [0.2, 0.25) is 10.0 Å². The molecule has 0 spiro atoms. The average molecular weight is 752 g/mol. The Morgan fingerprint density at radius 2 is 1.88 bits per heavy atom. The molecular formula is C38H41Cl2FN6O5. The Morgan fingerprint density at radius 3 is 2.63 bits per heavy atom. The molecule has 14 heteroatoms. The number of nitrogens with zero attached hydrogens (tertiary/aromatic N) is 4. The Kier molecular flexibility index (Phi) is 10.2. The van der Waals surface area contributed by atoms with Crippen LogP contribution in [-0.4, -0.2) is 84.7 Å². The van der Waals surface area contributed by atoms with Gasteiger partial charge in [0.1, 0.15) is 11.7 Å². The molecule has 3 heterocycles. The fourth-order valence-electron chi connectivity index (χ4n) is 7.86. The molecule has 2 N–H and O–H groups in total. The van der Waals surface area contributed by atoms with Gasteiger partial charge in [-0.05, 0) is 55.8 Å². The Hall–Kier alpha value is -4.20. The van der Waals surface area contributed by atoms with E-state index in [0.717, 1.165) is 46.6 Å². The fraction of sp³-hybridized carbons (Fsp3) is 0.395. The van der Waals surface area contributed by atoms with E-state index >= 15 is 4.39 Å². The standard InChI is InChI=1S/C38H41Cl2FN6O5/c1-42-18-38(51-21-48)19-47(20-38)16-22-15-27(39)35(33(41)34(22)50-4)52-31-12-11-24-23(7-5-8-25(24)31)26-9-6-10-28(32(26)40)44-37(49)36-43-29-17-45(2)14-13-30(29)46(36)3/h5-10,15,21,31,42H,11-14,16-20H2,1-4H3,(H,44,49). The minimum Gasteiger partial charge on any atom is -0.493 e. The van der Waals surface area contributed by atoms with Crippen LogP contribution in [0.4, 0.5) is 10.1 Å². The van der Waals surface area contributed by atoms with Gasteiger partial charge in [-0.15, -0.1) is 0 Å². The third-order valence-electron chi connectivity index (χ3n) is 10.3. The summed E-state index contributed by atoms with van der Waals surface area (Å²) in [6, 6.07) is 13.1. The molecule has 1 aromatic heterocycles. The number of rotatable bonds is 12. The minimum atomic E-state index is -0.673. The summed E-state index contributed by atoms with van der Waals surface area (Å²) in [5.74, 6) is -0.683. The van der Waals surface area contributed by atoms with Crippen molar-refractivity contribution in [2.24, 2.45) is 7.05 Å². The summed E-state index contributed by atoms with van der Waals surface area (Å²) in [5, 5.41) is 6.58. The first-order valence-electron chi connectivity index (χ1n) is 17.2. The molecule has 1 fully saturated rings. The SMILES string of the molecule is CNCC1(OC=O)CN(Cc2cc(Cl)c(OC3CCc4c(-c5cccc(NC(=O)c6nc7c(n6C)CCN(C)C7)c5Cl)cccc43)c(F)c2OC)C1. The van der Waals surface area contributed by atoms with E-state index in [-0.39, 0.29) is 22.4 Å². The predicted octanol–water partition coefficient (Wildman–Crippen LogP) is 5.79. The van der Waals surface area contributed by atoms with Gasteiger partial charge in [-0.1, -0.05) is 53.5 Å². The quantitative estimate of drug-likeness (QED) is 0.174. The first-order valence-corrected chi connectivity index (χ1v) is 18.0. The maximum Gasteiger partial charge on any atom is 0.293 e. The molecule has 3 aromatic carbocycles. The molecule has 52 heavy (non-hydrogen) atoms. The topological polar surface area (TPSA) is 110 Å². The number of nitrogens with one attached hydrogen (secondary N) is 2. The normalized spacial score (nSPS) is 17.9. The highest BCUT2D eigenvalue weighted by molar-refractivity contribution is 6.36. The van der Waals surface area contributed by atoms with E-state index in [0.29, 0.717) is 74.1 Å². The van der Waals surface area contributed by atoms with E-state index in [4.69, 9.17) is 37.4 Å². The van der Waals surface area contributed by atoms with E-state index < -0.39 is 17.5 Å². The molecule has 1 unspecified atom stereocenters. The molecule has 274 valence electrons. The van der Waals surface area contributed by atoms with E-state index in [1.54, 1.807) is 19.2 Å². The Morgan fingerprint density at radius 1 is 1.12 bits per heavy atom. The number of carbonyl (C=O) groups is 2. The number of ether oxygens (including phenoxy) is 3. The van der Waals surface area contributed by atoms with E-state index in [2.05, 4.69) is 20.5 Å². The summed E-state index contributed by atoms with van der Waals surface area (Å²) in [5.41, 5.74) is 6.00. The first kappa shape index (κ1) is 36.2. The van der Waals surface area contributed by atoms with Crippen LogP contribution in [0.5, 0.6) is 11.5 Å². The second-order valence-electron chi connectivity index (χ2n) is 13.8. The molecule has 1 aliphatic carbocycles. The number of fused-ring (bicyclic) bond motifs is 2. The number of hydrogen-bond donors (Lipinski definition) is 2. The molecule has 4 aromatic rings. The van der Waals surface area contributed by atoms with Crippen LogP contribution in [0.15, 0.2) is 42.5 Å². The molecule has 1 atom stereocenters. The van der Waals surface area contributed by atoms with Crippen LogP contribution in [0.3, 0.4) is 0 Å². The molecule has 0 bridgehead atoms. The first-order chi connectivity index (χ1) is 25.1. The summed E-state index contributed by atoms with van der Waals surface area (Å²) in [4.78, 5) is 33.4. The van der Waals surface area contributed by atoms with Gasteiger partial charge in [-0.2, -0.15) is 4.39 Å². The molecule has 0 radical (unpaired) electrons. The van der Waals surface area contributed by atoms with Crippen molar-refractivity contribution in [1.29, 1.82) is 0 Å². The van der Waals surface area contributed by atoms with Crippen molar-refractivity contribution >= 4 is 41.3 Å². The van der Waals surface area contributed by atoms with Crippen molar-refractivity contribution in [3.05, 3.63) is 92.2 Å². The highest BCUT2D eigenvalue weighted by Crippen LogP contribution is 2.46. The number of carbonyl (C=O) groups excluding carboxylic acids is 2. The van der Waals surface area contributed by atoms with E-state index in [9.17, 15) is 9.59 Å². The van der Waals surface area contributed by atoms with Gasteiger partial charge in [0.25, 0.3) is 12.4 Å². The number of halogens is 3. The van der Waals surface area contributed by atoms with Crippen LogP contribution in [0.1, 0.15) is 51.2 Å². The Bertz CT molecular complexity index is 2030. The minimum absolute atomic E-state index is 0.0532. The number of likely N-dealkylation sites (N-methyl/N-ethyl adjacent to an activating group) is 2. The molecule has 7 rings (SSSR count). The van der Waals surface area contributed by atoms with Crippen LogP contribution >= 0.6 is 23.2 Å². The average Bonchev–Trinajstić information content (AvgIpc) is 3.67. The van der Waals surface area contributed by atoms with E-state index in [1.807, 2.05) is 53.9 Å². The number of benzene rings is 3. The second-order valence-corrected chi connectivity index (χ2v) is 14.6. The summed E-state index contributed by atoms with van der Waals surface area (Å²) in [7, 11) is 7.12. The number of aromatic nitrogens is 2. The predicted molar refractivity (Wildman–Crippen MR) is 197 cm³/mol. The number of anilines is 1. The number of amides is 1. The van der Waals surface area contributed by atoms with Crippen LogP contribution in [-0.2, 0) is 42.5 Å². The molecule has 11 nitrogen and oxygen atoms in total. The summed E-state index contributed by atoms with van der Waals surface area (Å²) < 4.78 is 35.1. The lowest BCUT2D eigenvalue weighted by Gasteiger charge is -2.48. The van der Waals surface area contributed by atoms with Gasteiger partial charge in [0.2, 0.25) is 5.82 Å². The van der Waals surface area contributed by atoms with Gasteiger partial charge in [0, 0.05) is 69.6 Å². The van der Waals surface area contributed by atoms with Crippen molar-refractivity contribution in [3.63, 3.8) is 0 Å². The number of hydrogen-bond acceptors (Lipinski definition) is 9. The van der Waals surface area contributed by atoms with Crippen molar-refractivity contribution in [1.82, 2.24) is 24.7 Å². The molecule has 0 saturated carbocycles. The third kappa shape index (κ3) is 6.62. The summed E-state index contributed by atoms with van der Waals surface area (Å²) in [6.07, 6.45) is 1.62. The van der Waals surface area contributed by atoms with Gasteiger partial charge in [-0.3, -0.25) is 14.5 Å². The Labute approximate surface area is 311 Å². The zero-order chi connectivity index (χ0) is 36.7. The van der Waals surface area contributed by atoms with Crippen LogP contribution < -0.4 is 20.1 Å². The van der Waals surface area contributed by atoms with Gasteiger partial charge >= 0.3 is 0 Å². The summed E-state index contributed by atoms with van der Waals surface area (Å²) in [6.45, 7) is 3.90. The molecule has 1 amide bonds. The fourth-order valence-corrected chi connectivity index (χ4v) is 8.40. The Balaban J connectivity index is 1.10. The molecule has 2 aliphatic heterocycles. The zero-order valence-electron chi connectivity index (χ0n) is 29.5. The van der Waals surface area contributed by atoms with Gasteiger partial charge in [0.15, 0.2) is 17.3 Å². The number of likely N-dealkylation sites (tertiary alicyclic amines) is 1. The maximum atomic E-state index is 16.1. The maximum absolute atomic E-state index is 16.1. The van der Waals surface area contributed by atoms with Gasteiger partial charge < -0.3 is 34.3 Å². The van der Waals surface area contributed by atoms with Gasteiger partial charge in [0.05, 0.1) is 28.5 Å². The smallest absolute Gasteiger partial charge is 0.293 e. The lowest BCUT2D eigenvalue weighted by molar-refractivity contribution is -0.165. The largest absolute Gasteiger partial charge is 0.493 e. The molecular weight excluding hydrogens is 710 g/mol. The monoisotopic (exact) mass is 750 g/mol. The van der Waals surface area contributed by atoms with Crippen molar-refractivity contribution in [2.75, 3.05) is 52.7 Å². The lowest BCUT2D eigenvalue weighted by atomic mass is 9.93. The van der Waals surface area contributed by atoms with Crippen molar-refractivity contribution in [3.8, 4) is 22.6 Å². The van der Waals surface area contributed by atoms with Crippen LogP contribution in [0, 0.1) is 5.82 Å². The van der Waals surface area contributed by atoms with E-state index in [1.165, 1.54) is 7.11 Å².